The lowest BCUT2D eigenvalue weighted by molar-refractivity contribution is -0.384. The second-order valence-electron chi connectivity index (χ2n) is 3.89. The molecule has 0 saturated carbocycles. The lowest BCUT2D eigenvalue weighted by Gasteiger charge is -1.96. The van der Waals surface area contributed by atoms with Gasteiger partial charge in [-0.25, -0.2) is 0 Å². The van der Waals surface area contributed by atoms with Gasteiger partial charge in [-0.2, -0.15) is 4.98 Å². The van der Waals surface area contributed by atoms with Gasteiger partial charge in [-0.1, -0.05) is 17.3 Å². The summed E-state index contributed by atoms with van der Waals surface area (Å²) < 4.78 is 4.96. The number of hydrogen-bond donors (Lipinski definition) is 2. The minimum absolute atomic E-state index is 0.00543. The number of carbonyl (C=O) groups excluding carboxylic acids is 1. The first-order valence-corrected chi connectivity index (χ1v) is 5.62. The molecule has 1 aromatic heterocycles. The Balaban J connectivity index is 2.10. The van der Waals surface area contributed by atoms with Gasteiger partial charge in [-0.15, -0.1) is 0 Å². The van der Waals surface area contributed by atoms with Crippen LogP contribution in [0.2, 0.25) is 0 Å². The largest absolute Gasteiger partial charge is 0.369 e. The molecule has 0 aliphatic carbocycles. The maximum atomic E-state index is 10.7. The van der Waals surface area contributed by atoms with Gasteiger partial charge in [0.1, 0.15) is 0 Å². The minimum atomic E-state index is -0.501. The number of nitrogens with one attached hydrogen (secondary N) is 1. The fourth-order valence-electron chi connectivity index (χ4n) is 1.50. The highest BCUT2D eigenvalue weighted by Gasteiger charge is 2.12. The van der Waals surface area contributed by atoms with Gasteiger partial charge in [0.15, 0.2) is 0 Å². The number of amides is 1. The zero-order valence-corrected chi connectivity index (χ0v) is 10.3. The van der Waals surface area contributed by atoms with E-state index in [0.717, 1.165) is 0 Å². The van der Waals surface area contributed by atoms with Crippen LogP contribution >= 0.6 is 0 Å². The second kappa shape index (κ2) is 5.89. The van der Waals surface area contributed by atoms with E-state index in [1.54, 1.807) is 6.07 Å². The Bertz CT molecular complexity index is 639. The molecule has 0 fully saturated rings. The Morgan fingerprint density at radius 2 is 2.30 bits per heavy atom. The molecule has 0 spiro atoms. The number of primary amides is 1. The van der Waals surface area contributed by atoms with Crippen molar-refractivity contribution >= 4 is 11.6 Å². The van der Waals surface area contributed by atoms with Crippen LogP contribution in [-0.2, 0) is 11.3 Å². The van der Waals surface area contributed by atoms with Crippen molar-refractivity contribution < 1.29 is 14.2 Å². The van der Waals surface area contributed by atoms with E-state index in [1.165, 1.54) is 18.2 Å². The van der Waals surface area contributed by atoms with E-state index < -0.39 is 10.8 Å². The molecule has 0 aliphatic rings. The fraction of sp³-hybridized carbons (Fsp3) is 0.182. The maximum absolute atomic E-state index is 10.7. The average Bonchev–Trinajstić information content (AvgIpc) is 2.87. The van der Waals surface area contributed by atoms with Crippen molar-refractivity contribution in [1.82, 2.24) is 15.5 Å². The predicted octanol–water partition coefficient (Wildman–Crippen LogP) is 0.220. The van der Waals surface area contributed by atoms with E-state index in [1.807, 2.05) is 0 Å². The van der Waals surface area contributed by atoms with Crippen LogP contribution in [0.25, 0.3) is 11.4 Å². The lowest BCUT2D eigenvalue weighted by atomic mass is 10.2. The number of benzene rings is 1. The topological polar surface area (TPSA) is 137 Å². The minimum Gasteiger partial charge on any atom is -0.369 e. The maximum Gasteiger partial charge on any atom is 0.270 e. The number of carbonyl (C=O) groups is 1. The van der Waals surface area contributed by atoms with Crippen molar-refractivity contribution in [2.24, 2.45) is 5.73 Å². The molecule has 2 aromatic rings. The molecule has 9 nitrogen and oxygen atoms in total. The Kier molecular flexibility index (Phi) is 4.01. The van der Waals surface area contributed by atoms with E-state index in [2.05, 4.69) is 15.5 Å². The number of nitro groups is 1. The summed E-state index contributed by atoms with van der Waals surface area (Å²) in [6, 6.07) is 5.90. The third-order valence-electron chi connectivity index (χ3n) is 2.36. The first-order valence-electron chi connectivity index (χ1n) is 5.62. The smallest absolute Gasteiger partial charge is 0.270 e. The Hall–Kier alpha value is -2.81. The van der Waals surface area contributed by atoms with E-state index in [9.17, 15) is 14.9 Å². The highest BCUT2D eigenvalue weighted by Crippen LogP contribution is 2.21. The lowest BCUT2D eigenvalue weighted by Crippen LogP contribution is -2.28. The summed E-state index contributed by atoms with van der Waals surface area (Å²) in [4.78, 5) is 24.8. The number of rotatable bonds is 6. The normalized spacial score (nSPS) is 10.4. The van der Waals surface area contributed by atoms with Crippen LogP contribution in [0.5, 0.6) is 0 Å². The van der Waals surface area contributed by atoms with Crippen LogP contribution in [0.15, 0.2) is 28.8 Å². The predicted molar refractivity (Wildman–Crippen MR) is 67.3 cm³/mol. The van der Waals surface area contributed by atoms with E-state index in [4.69, 9.17) is 10.3 Å². The standard InChI is InChI=1S/C11H11N5O4/c12-9(17)5-13-6-10-14-11(15-20-10)7-2-1-3-8(4-7)16(18)19/h1-4,13H,5-6H2,(H2,12,17). The summed E-state index contributed by atoms with van der Waals surface area (Å²) in [6.07, 6.45) is 0. The van der Waals surface area contributed by atoms with Crippen molar-refractivity contribution in [3.05, 3.63) is 40.3 Å². The molecule has 0 radical (unpaired) electrons. The number of hydrogen-bond acceptors (Lipinski definition) is 7. The molecule has 0 saturated heterocycles. The van der Waals surface area contributed by atoms with Crippen LogP contribution in [0.3, 0.4) is 0 Å². The molecule has 9 heteroatoms. The Labute approximate surface area is 112 Å². The van der Waals surface area contributed by atoms with Gasteiger partial charge < -0.3 is 10.3 Å². The van der Waals surface area contributed by atoms with Crippen LogP contribution in [0.1, 0.15) is 5.89 Å². The fourth-order valence-corrected chi connectivity index (χ4v) is 1.50. The summed E-state index contributed by atoms with van der Waals surface area (Å²) in [5.41, 5.74) is 5.39. The van der Waals surface area contributed by atoms with Gasteiger partial charge in [0.2, 0.25) is 17.6 Å². The van der Waals surface area contributed by atoms with Gasteiger partial charge in [0, 0.05) is 17.7 Å². The monoisotopic (exact) mass is 277 g/mol. The molecular formula is C11H11N5O4. The first kappa shape index (κ1) is 13.6. The Morgan fingerprint density at radius 1 is 1.50 bits per heavy atom. The summed E-state index contributed by atoms with van der Waals surface area (Å²) >= 11 is 0. The molecule has 1 amide bonds. The second-order valence-corrected chi connectivity index (χ2v) is 3.89. The third kappa shape index (κ3) is 3.36. The summed E-state index contributed by atoms with van der Waals surface area (Å²) in [5, 5.41) is 17.1. The van der Waals surface area contributed by atoms with Crippen molar-refractivity contribution in [1.29, 1.82) is 0 Å². The average molecular weight is 277 g/mol. The van der Waals surface area contributed by atoms with Crippen molar-refractivity contribution in [2.45, 2.75) is 6.54 Å². The summed E-state index contributed by atoms with van der Waals surface area (Å²) in [5.74, 6) is 0.000698. The Morgan fingerprint density at radius 3 is 3.00 bits per heavy atom. The van der Waals surface area contributed by atoms with Crippen molar-refractivity contribution in [3.63, 3.8) is 0 Å². The molecule has 0 atom stereocenters. The molecule has 20 heavy (non-hydrogen) atoms. The highest BCUT2D eigenvalue weighted by atomic mass is 16.6. The van der Waals surface area contributed by atoms with Crippen molar-refractivity contribution in [2.75, 3.05) is 6.54 Å². The molecule has 0 unspecified atom stereocenters. The van der Waals surface area contributed by atoms with Gasteiger partial charge in [0.25, 0.3) is 5.69 Å². The van der Waals surface area contributed by atoms with Crippen LogP contribution in [0, 0.1) is 10.1 Å². The van der Waals surface area contributed by atoms with Crippen LogP contribution in [-0.4, -0.2) is 27.5 Å². The molecule has 1 heterocycles. The number of nitrogens with zero attached hydrogens (tertiary/aromatic N) is 3. The van der Waals surface area contributed by atoms with Gasteiger partial charge in [-0.05, 0) is 0 Å². The van der Waals surface area contributed by atoms with E-state index in [-0.39, 0.29) is 30.5 Å². The molecule has 2 rings (SSSR count). The molecule has 0 bridgehead atoms. The first-order chi connectivity index (χ1) is 9.56. The number of aromatic nitrogens is 2. The highest BCUT2D eigenvalue weighted by molar-refractivity contribution is 5.75. The van der Waals surface area contributed by atoms with Crippen molar-refractivity contribution in [3.8, 4) is 11.4 Å². The zero-order valence-electron chi connectivity index (χ0n) is 10.3. The molecule has 3 N–H and O–H groups in total. The van der Waals surface area contributed by atoms with E-state index in [0.29, 0.717) is 5.56 Å². The number of nitro benzene ring substituents is 1. The van der Waals surface area contributed by atoms with Gasteiger partial charge in [-0.3, -0.25) is 20.2 Å². The van der Waals surface area contributed by atoms with E-state index >= 15 is 0 Å². The zero-order chi connectivity index (χ0) is 14.5. The number of nitrogens with two attached hydrogens (primary N) is 1. The summed E-state index contributed by atoms with van der Waals surface area (Å²) in [7, 11) is 0. The third-order valence-corrected chi connectivity index (χ3v) is 2.36. The van der Waals surface area contributed by atoms with Crippen LogP contribution < -0.4 is 11.1 Å². The quantitative estimate of drug-likeness (QED) is 0.569. The molecular weight excluding hydrogens is 266 g/mol. The van der Waals surface area contributed by atoms with Gasteiger partial charge >= 0.3 is 0 Å². The van der Waals surface area contributed by atoms with Crippen LogP contribution in [0.4, 0.5) is 5.69 Å². The molecule has 1 aromatic carbocycles. The van der Waals surface area contributed by atoms with Gasteiger partial charge in [0.05, 0.1) is 18.0 Å². The number of non-ortho nitro benzene ring substituents is 1. The SMILES string of the molecule is NC(=O)CNCc1nc(-c2cccc([N+](=O)[O-])c2)no1. The molecule has 0 aliphatic heterocycles. The summed E-state index contributed by atoms with van der Waals surface area (Å²) in [6.45, 7) is 0.180. The molecule has 104 valence electrons.